The van der Waals surface area contributed by atoms with Crippen molar-refractivity contribution >= 4 is 18.0 Å². The maximum atomic E-state index is 13.7. The monoisotopic (exact) mass is 267 g/mol. The standard InChI is InChI=1S/C13H14FNO4/c1-15(6-7-16)13(19)10-4-2-9(8-11(10)14)3-5-12(17)18/h2-5,8,16H,6-7H2,1H3,(H,17,18). The fourth-order valence-corrected chi connectivity index (χ4v) is 1.43. The van der Waals surface area contributed by atoms with Crippen LogP contribution in [0.5, 0.6) is 0 Å². The molecule has 0 atom stereocenters. The summed E-state index contributed by atoms with van der Waals surface area (Å²) < 4.78 is 13.7. The largest absolute Gasteiger partial charge is 0.478 e. The van der Waals surface area contributed by atoms with Crippen LogP contribution in [0, 0.1) is 5.82 Å². The Labute approximate surface area is 109 Å². The molecule has 6 heteroatoms. The van der Waals surface area contributed by atoms with Crippen molar-refractivity contribution in [2.75, 3.05) is 20.2 Å². The Kier molecular flexibility index (Phi) is 5.20. The van der Waals surface area contributed by atoms with Gasteiger partial charge in [0.1, 0.15) is 5.82 Å². The van der Waals surface area contributed by atoms with Gasteiger partial charge in [-0.05, 0) is 23.8 Å². The first kappa shape index (κ1) is 14.8. The molecule has 1 rings (SSSR count). The highest BCUT2D eigenvalue weighted by atomic mass is 19.1. The van der Waals surface area contributed by atoms with Gasteiger partial charge >= 0.3 is 5.97 Å². The van der Waals surface area contributed by atoms with E-state index in [1.165, 1.54) is 30.2 Å². The minimum absolute atomic E-state index is 0.110. The topological polar surface area (TPSA) is 77.8 Å². The second-order valence-electron chi connectivity index (χ2n) is 3.86. The number of rotatable bonds is 5. The van der Waals surface area contributed by atoms with E-state index in [0.29, 0.717) is 5.56 Å². The second-order valence-corrected chi connectivity index (χ2v) is 3.86. The van der Waals surface area contributed by atoms with Crippen molar-refractivity contribution in [3.05, 3.63) is 41.2 Å². The molecule has 102 valence electrons. The van der Waals surface area contributed by atoms with Crippen LogP contribution in [0.4, 0.5) is 4.39 Å². The number of amides is 1. The van der Waals surface area contributed by atoms with Crippen molar-refractivity contribution in [3.8, 4) is 0 Å². The van der Waals surface area contributed by atoms with E-state index < -0.39 is 17.7 Å². The summed E-state index contributed by atoms with van der Waals surface area (Å²) >= 11 is 0. The molecule has 0 bridgehead atoms. The zero-order valence-corrected chi connectivity index (χ0v) is 10.3. The summed E-state index contributed by atoms with van der Waals surface area (Å²) in [5, 5.41) is 17.2. The molecule has 0 aliphatic rings. The van der Waals surface area contributed by atoms with E-state index in [1.54, 1.807) is 0 Å². The second kappa shape index (κ2) is 6.65. The van der Waals surface area contributed by atoms with Gasteiger partial charge in [-0.15, -0.1) is 0 Å². The molecule has 1 amide bonds. The van der Waals surface area contributed by atoms with Gasteiger partial charge in [0.05, 0.1) is 12.2 Å². The number of likely N-dealkylation sites (N-methyl/N-ethyl adjacent to an activating group) is 1. The fourth-order valence-electron chi connectivity index (χ4n) is 1.43. The highest BCUT2D eigenvalue weighted by Gasteiger charge is 2.15. The lowest BCUT2D eigenvalue weighted by atomic mass is 10.1. The first-order valence-corrected chi connectivity index (χ1v) is 5.52. The van der Waals surface area contributed by atoms with E-state index in [9.17, 15) is 14.0 Å². The van der Waals surface area contributed by atoms with Crippen LogP contribution in [0.2, 0.25) is 0 Å². The molecule has 2 N–H and O–H groups in total. The number of carboxylic acid groups (broad SMARTS) is 1. The molecule has 0 saturated heterocycles. The van der Waals surface area contributed by atoms with Gasteiger partial charge in [0.25, 0.3) is 5.91 Å². The number of halogens is 1. The van der Waals surface area contributed by atoms with Crippen molar-refractivity contribution in [2.24, 2.45) is 0 Å². The number of carboxylic acids is 1. The lowest BCUT2D eigenvalue weighted by molar-refractivity contribution is -0.131. The van der Waals surface area contributed by atoms with Crippen LogP contribution < -0.4 is 0 Å². The van der Waals surface area contributed by atoms with E-state index in [2.05, 4.69) is 0 Å². The highest BCUT2D eigenvalue weighted by Crippen LogP contribution is 2.13. The third kappa shape index (κ3) is 4.18. The zero-order valence-electron chi connectivity index (χ0n) is 10.3. The van der Waals surface area contributed by atoms with Crippen LogP contribution in [-0.2, 0) is 4.79 Å². The molecular weight excluding hydrogens is 253 g/mol. The zero-order chi connectivity index (χ0) is 14.4. The molecule has 0 heterocycles. The van der Waals surface area contributed by atoms with Crippen molar-refractivity contribution in [2.45, 2.75) is 0 Å². The number of hydrogen-bond acceptors (Lipinski definition) is 3. The van der Waals surface area contributed by atoms with Gasteiger partial charge in [-0.1, -0.05) is 6.07 Å². The average Bonchev–Trinajstić information content (AvgIpc) is 2.36. The Balaban J connectivity index is 2.94. The van der Waals surface area contributed by atoms with Crippen LogP contribution in [0.15, 0.2) is 24.3 Å². The van der Waals surface area contributed by atoms with Gasteiger partial charge in [0.2, 0.25) is 0 Å². The molecule has 1 aromatic carbocycles. The third-order valence-electron chi connectivity index (χ3n) is 2.42. The number of nitrogens with zero attached hydrogens (tertiary/aromatic N) is 1. The first-order chi connectivity index (χ1) is 8.95. The molecule has 0 spiro atoms. The predicted molar refractivity (Wildman–Crippen MR) is 67.1 cm³/mol. The number of aliphatic hydroxyl groups is 1. The Hall–Kier alpha value is -2.21. The Bertz CT molecular complexity index is 513. The van der Waals surface area contributed by atoms with E-state index in [0.717, 1.165) is 12.1 Å². The maximum Gasteiger partial charge on any atom is 0.328 e. The third-order valence-corrected chi connectivity index (χ3v) is 2.42. The van der Waals surface area contributed by atoms with Gasteiger partial charge < -0.3 is 15.1 Å². The molecule has 0 fully saturated rings. The van der Waals surface area contributed by atoms with Crippen LogP contribution >= 0.6 is 0 Å². The minimum Gasteiger partial charge on any atom is -0.478 e. The molecule has 0 aromatic heterocycles. The van der Waals surface area contributed by atoms with Crippen LogP contribution in [-0.4, -0.2) is 47.2 Å². The average molecular weight is 267 g/mol. The molecule has 0 radical (unpaired) electrons. The van der Waals surface area contributed by atoms with E-state index >= 15 is 0 Å². The Morgan fingerprint density at radius 1 is 1.42 bits per heavy atom. The molecule has 0 aliphatic carbocycles. The first-order valence-electron chi connectivity index (χ1n) is 5.52. The molecule has 0 saturated carbocycles. The van der Waals surface area contributed by atoms with Crippen LogP contribution in [0.3, 0.4) is 0 Å². The van der Waals surface area contributed by atoms with Crippen molar-refractivity contribution in [3.63, 3.8) is 0 Å². The fraction of sp³-hybridized carbons (Fsp3) is 0.231. The molecule has 0 aliphatic heterocycles. The summed E-state index contributed by atoms with van der Waals surface area (Å²) in [5.74, 6) is -2.41. The van der Waals surface area contributed by atoms with Gasteiger partial charge in [0.15, 0.2) is 0 Å². The molecule has 19 heavy (non-hydrogen) atoms. The van der Waals surface area contributed by atoms with Crippen molar-refractivity contribution < 1.29 is 24.2 Å². The summed E-state index contributed by atoms with van der Waals surface area (Å²) in [4.78, 5) is 23.3. The smallest absolute Gasteiger partial charge is 0.328 e. The number of carbonyl (C=O) groups is 2. The molecule has 1 aromatic rings. The number of carbonyl (C=O) groups excluding carboxylic acids is 1. The van der Waals surface area contributed by atoms with E-state index in [-0.39, 0.29) is 18.7 Å². The minimum atomic E-state index is -1.14. The Morgan fingerprint density at radius 2 is 2.11 bits per heavy atom. The van der Waals surface area contributed by atoms with E-state index in [1.807, 2.05) is 0 Å². The van der Waals surface area contributed by atoms with Crippen molar-refractivity contribution in [1.82, 2.24) is 4.90 Å². The number of aliphatic carboxylic acids is 1. The summed E-state index contributed by atoms with van der Waals surface area (Å²) in [6.45, 7) is -0.0950. The van der Waals surface area contributed by atoms with Crippen LogP contribution in [0.1, 0.15) is 15.9 Å². The van der Waals surface area contributed by atoms with Crippen molar-refractivity contribution in [1.29, 1.82) is 0 Å². The van der Waals surface area contributed by atoms with Gasteiger partial charge in [0, 0.05) is 19.7 Å². The normalized spacial score (nSPS) is 10.7. The maximum absolute atomic E-state index is 13.7. The van der Waals surface area contributed by atoms with Gasteiger partial charge in [-0.3, -0.25) is 4.79 Å². The summed E-state index contributed by atoms with van der Waals surface area (Å²) in [6.07, 6.45) is 2.12. The molecular formula is C13H14FNO4. The summed E-state index contributed by atoms with van der Waals surface area (Å²) in [5.41, 5.74) is 0.227. The Morgan fingerprint density at radius 3 is 2.63 bits per heavy atom. The van der Waals surface area contributed by atoms with Crippen LogP contribution in [0.25, 0.3) is 6.08 Å². The number of hydrogen-bond donors (Lipinski definition) is 2. The quantitative estimate of drug-likeness (QED) is 0.780. The molecule has 0 unspecified atom stereocenters. The lowest BCUT2D eigenvalue weighted by Crippen LogP contribution is -2.30. The molecule has 5 nitrogen and oxygen atoms in total. The number of aliphatic hydroxyl groups excluding tert-OH is 1. The number of benzene rings is 1. The SMILES string of the molecule is CN(CCO)C(=O)c1ccc(C=CC(=O)O)cc1F. The lowest BCUT2D eigenvalue weighted by Gasteiger charge is -2.16. The summed E-state index contributed by atoms with van der Waals surface area (Å²) in [6, 6.07) is 3.81. The van der Waals surface area contributed by atoms with Gasteiger partial charge in [-0.25, -0.2) is 9.18 Å². The highest BCUT2D eigenvalue weighted by molar-refractivity contribution is 5.94. The van der Waals surface area contributed by atoms with E-state index in [4.69, 9.17) is 10.2 Å². The predicted octanol–water partition coefficient (Wildman–Crippen LogP) is 0.988. The van der Waals surface area contributed by atoms with Gasteiger partial charge in [-0.2, -0.15) is 0 Å². The summed E-state index contributed by atoms with van der Waals surface area (Å²) in [7, 11) is 1.45.